The second-order valence-corrected chi connectivity index (χ2v) is 22.2. The number of unbranched alkanes of at least 4 members (excludes halogenated alkanes) is 39. The van der Waals surface area contributed by atoms with Crippen molar-refractivity contribution in [2.75, 3.05) is 13.2 Å². The van der Waals surface area contributed by atoms with Crippen LogP contribution >= 0.6 is 0 Å². The fourth-order valence-electron chi connectivity index (χ4n) is 10.2. The summed E-state index contributed by atoms with van der Waals surface area (Å²) in [4.78, 5) is 13.1. The van der Waals surface area contributed by atoms with Crippen LogP contribution in [-0.2, 0) is 14.3 Å². The van der Waals surface area contributed by atoms with Gasteiger partial charge in [0.25, 0.3) is 0 Å². The summed E-state index contributed by atoms with van der Waals surface area (Å²) < 4.78 is 11.3. The van der Waals surface area contributed by atoms with Crippen molar-refractivity contribution in [3.63, 3.8) is 0 Å². The van der Waals surface area contributed by atoms with E-state index in [0.717, 1.165) is 51.4 Å². The molecule has 0 aromatic rings. The molecular weight excluding hydrogens is 911 g/mol. The number of rotatable bonds is 55. The minimum atomic E-state index is -1.55. The number of hydrogen-bond acceptors (Lipinski definition) is 8. The van der Waals surface area contributed by atoms with Gasteiger partial charge in [0.05, 0.1) is 25.4 Å². The molecule has 1 amide bonds. The second-order valence-electron chi connectivity index (χ2n) is 22.2. The molecule has 7 atom stereocenters. The molecule has 1 fully saturated rings. The highest BCUT2D eigenvalue weighted by Gasteiger charge is 2.44. The molecule has 9 heteroatoms. The lowest BCUT2D eigenvalue weighted by Gasteiger charge is -2.40. The van der Waals surface area contributed by atoms with Crippen molar-refractivity contribution in [1.82, 2.24) is 5.32 Å². The number of allylic oxidation sites excluding steroid dienone is 6. The number of hydrogen-bond donors (Lipinski definition) is 6. The fourth-order valence-corrected chi connectivity index (χ4v) is 10.2. The highest BCUT2D eigenvalue weighted by atomic mass is 16.7. The predicted octanol–water partition coefficient (Wildman–Crippen LogP) is 16.3. The standard InChI is InChI=1S/C64H121NO8/c1-3-5-7-9-11-13-15-17-18-19-20-21-22-23-24-25-26-27-28-29-30-31-32-33-34-35-36-37-38-39-40-42-44-46-48-50-52-54-60(68)65-57(56-72-64-63(71)62(70)61(69)59(55-66)73-64)58(67)53-51-49-47-45-43-41-16-14-12-10-8-6-4-2/h15,17,19-20,22-23,57-59,61-64,66-67,69-71H,3-14,16,18,21,24-56H2,1-2H3,(H,65,68)/b17-15-,20-19-,23-22-. The average molecular weight is 1030 g/mol. The summed E-state index contributed by atoms with van der Waals surface area (Å²) in [6, 6.07) is -0.716. The van der Waals surface area contributed by atoms with E-state index in [0.29, 0.717) is 12.8 Å². The van der Waals surface area contributed by atoms with E-state index in [4.69, 9.17) is 9.47 Å². The van der Waals surface area contributed by atoms with Crippen molar-refractivity contribution >= 4 is 5.91 Å². The highest BCUT2D eigenvalue weighted by molar-refractivity contribution is 5.76. The van der Waals surface area contributed by atoms with Crippen LogP contribution in [0.2, 0.25) is 0 Å². The van der Waals surface area contributed by atoms with Gasteiger partial charge in [0.1, 0.15) is 24.4 Å². The number of aliphatic hydroxyl groups excluding tert-OH is 5. The van der Waals surface area contributed by atoms with Gasteiger partial charge < -0.3 is 40.3 Å². The van der Waals surface area contributed by atoms with Gasteiger partial charge in [-0.25, -0.2) is 0 Å². The number of amides is 1. The summed E-state index contributed by atoms with van der Waals surface area (Å²) in [5.41, 5.74) is 0. The molecule has 73 heavy (non-hydrogen) atoms. The van der Waals surface area contributed by atoms with Crippen molar-refractivity contribution in [3.8, 4) is 0 Å². The second kappa shape index (κ2) is 53.8. The highest BCUT2D eigenvalue weighted by Crippen LogP contribution is 2.23. The van der Waals surface area contributed by atoms with Gasteiger partial charge >= 0.3 is 0 Å². The first kappa shape index (κ1) is 69.4. The molecule has 0 aliphatic carbocycles. The molecule has 1 aliphatic rings. The summed E-state index contributed by atoms with van der Waals surface area (Å²) in [7, 11) is 0. The molecule has 0 bridgehead atoms. The van der Waals surface area contributed by atoms with Crippen LogP contribution in [0.4, 0.5) is 0 Å². The zero-order valence-corrected chi connectivity index (χ0v) is 47.9. The molecule has 1 heterocycles. The number of nitrogens with one attached hydrogen (secondary N) is 1. The summed E-state index contributed by atoms with van der Waals surface area (Å²) in [5, 5.41) is 54.6. The molecule has 0 saturated carbocycles. The minimum Gasteiger partial charge on any atom is -0.394 e. The van der Waals surface area contributed by atoms with Gasteiger partial charge in [-0.15, -0.1) is 0 Å². The Kier molecular flexibility index (Phi) is 51.2. The van der Waals surface area contributed by atoms with E-state index < -0.39 is 49.5 Å². The molecule has 1 rings (SSSR count). The number of carbonyl (C=O) groups excluding carboxylic acids is 1. The topological polar surface area (TPSA) is 149 Å². The van der Waals surface area contributed by atoms with Gasteiger partial charge in [-0.05, 0) is 51.4 Å². The van der Waals surface area contributed by atoms with E-state index in [2.05, 4.69) is 55.6 Å². The first-order valence-electron chi connectivity index (χ1n) is 31.7. The Labute approximate surface area is 451 Å². The van der Waals surface area contributed by atoms with E-state index in [9.17, 15) is 30.3 Å². The van der Waals surface area contributed by atoms with Crippen LogP contribution < -0.4 is 5.32 Å². The third-order valence-electron chi connectivity index (χ3n) is 15.2. The van der Waals surface area contributed by atoms with Gasteiger partial charge in [0.2, 0.25) is 5.91 Å². The molecule has 0 aromatic carbocycles. The molecule has 0 aromatic heterocycles. The fraction of sp³-hybridized carbons (Fsp3) is 0.891. The summed E-state index contributed by atoms with van der Waals surface area (Å²) >= 11 is 0. The number of ether oxygens (including phenoxy) is 2. The summed E-state index contributed by atoms with van der Waals surface area (Å²) in [6.45, 7) is 3.85. The van der Waals surface area contributed by atoms with Crippen molar-refractivity contribution in [3.05, 3.63) is 36.5 Å². The lowest BCUT2D eigenvalue weighted by molar-refractivity contribution is -0.302. The zero-order chi connectivity index (χ0) is 52.9. The largest absolute Gasteiger partial charge is 0.394 e. The van der Waals surface area contributed by atoms with E-state index in [1.54, 1.807) is 0 Å². The Hall–Kier alpha value is -1.59. The third-order valence-corrected chi connectivity index (χ3v) is 15.2. The number of aliphatic hydroxyl groups is 5. The first-order chi connectivity index (χ1) is 35.8. The van der Waals surface area contributed by atoms with Gasteiger partial charge in [0.15, 0.2) is 6.29 Å². The van der Waals surface area contributed by atoms with E-state index in [1.165, 1.54) is 231 Å². The first-order valence-corrected chi connectivity index (χ1v) is 31.7. The SMILES string of the molecule is CCCCCCC/C=C\C/C=C\C/C=C\CCCCCCCCCCCCCCCCCCCCCCCCC(=O)NC(COC1OC(CO)C(O)C(O)C1O)C(O)CCCCCCCCCCCCCCC. The van der Waals surface area contributed by atoms with Crippen LogP contribution in [0.15, 0.2) is 36.5 Å². The van der Waals surface area contributed by atoms with Crippen LogP contribution in [0.3, 0.4) is 0 Å². The maximum Gasteiger partial charge on any atom is 0.220 e. The van der Waals surface area contributed by atoms with Gasteiger partial charge in [-0.2, -0.15) is 0 Å². The summed E-state index contributed by atoms with van der Waals surface area (Å²) in [6.07, 6.45) is 63.5. The Bertz CT molecular complexity index is 1240. The summed E-state index contributed by atoms with van der Waals surface area (Å²) in [5.74, 6) is -0.140. The van der Waals surface area contributed by atoms with Gasteiger partial charge in [-0.3, -0.25) is 4.79 Å². The molecule has 1 aliphatic heterocycles. The van der Waals surface area contributed by atoms with E-state index in [-0.39, 0.29) is 12.5 Å². The Morgan fingerprint density at radius 3 is 1.19 bits per heavy atom. The average Bonchev–Trinajstić information content (AvgIpc) is 3.39. The normalized spacial score (nSPS) is 19.2. The predicted molar refractivity (Wildman–Crippen MR) is 309 cm³/mol. The maximum atomic E-state index is 13.1. The molecule has 0 spiro atoms. The Morgan fingerprint density at radius 2 is 0.808 bits per heavy atom. The van der Waals surface area contributed by atoms with E-state index >= 15 is 0 Å². The Morgan fingerprint density at radius 1 is 0.466 bits per heavy atom. The quantitative estimate of drug-likeness (QED) is 0.0261. The van der Waals surface area contributed by atoms with Crippen molar-refractivity contribution in [1.29, 1.82) is 0 Å². The maximum absolute atomic E-state index is 13.1. The lowest BCUT2D eigenvalue weighted by atomic mass is 9.99. The Balaban J connectivity index is 2.04. The van der Waals surface area contributed by atoms with Crippen LogP contribution in [-0.4, -0.2) is 87.5 Å². The molecule has 0 radical (unpaired) electrons. The smallest absolute Gasteiger partial charge is 0.220 e. The molecule has 1 saturated heterocycles. The van der Waals surface area contributed by atoms with Crippen LogP contribution in [0.1, 0.15) is 309 Å². The lowest BCUT2D eigenvalue weighted by Crippen LogP contribution is -2.60. The van der Waals surface area contributed by atoms with Crippen molar-refractivity contribution < 1.29 is 39.8 Å². The zero-order valence-electron chi connectivity index (χ0n) is 47.9. The van der Waals surface area contributed by atoms with Gasteiger partial charge in [-0.1, -0.05) is 288 Å². The van der Waals surface area contributed by atoms with Crippen molar-refractivity contribution in [2.45, 2.75) is 352 Å². The van der Waals surface area contributed by atoms with E-state index in [1.807, 2.05) is 0 Å². The molecule has 430 valence electrons. The molecule has 6 N–H and O–H groups in total. The monoisotopic (exact) mass is 1030 g/mol. The van der Waals surface area contributed by atoms with Crippen LogP contribution in [0.25, 0.3) is 0 Å². The molecule has 9 nitrogen and oxygen atoms in total. The minimum absolute atomic E-state index is 0.134. The van der Waals surface area contributed by atoms with Crippen LogP contribution in [0.5, 0.6) is 0 Å². The molecular formula is C64H121NO8. The van der Waals surface area contributed by atoms with Crippen LogP contribution in [0, 0.1) is 0 Å². The molecule has 7 unspecified atom stereocenters. The third kappa shape index (κ3) is 43.1. The van der Waals surface area contributed by atoms with Crippen molar-refractivity contribution in [2.24, 2.45) is 0 Å². The van der Waals surface area contributed by atoms with Gasteiger partial charge in [0, 0.05) is 6.42 Å². The number of carbonyl (C=O) groups is 1.